The van der Waals surface area contributed by atoms with Gasteiger partial charge in [0, 0.05) is 6.42 Å². The second-order valence-electron chi connectivity index (χ2n) is 7.87. The molecule has 1 aromatic heterocycles. The van der Waals surface area contributed by atoms with E-state index in [9.17, 15) is 9.59 Å². The lowest BCUT2D eigenvalue weighted by atomic mass is 10.00. The number of ether oxygens (including phenoxy) is 2. The second-order valence-corrected chi connectivity index (χ2v) is 7.87. The first-order chi connectivity index (χ1) is 14.4. The summed E-state index contributed by atoms with van der Waals surface area (Å²) in [6, 6.07) is 8.33. The van der Waals surface area contributed by atoms with Gasteiger partial charge in [0.1, 0.15) is 11.8 Å². The summed E-state index contributed by atoms with van der Waals surface area (Å²) >= 11 is 0. The second kappa shape index (κ2) is 9.57. The largest absolute Gasteiger partial charge is 0.466 e. The van der Waals surface area contributed by atoms with Gasteiger partial charge >= 0.3 is 11.9 Å². The smallest absolute Gasteiger partial charge is 0.357 e. The lowest BCUT2D eigenvalue weighted by Gasteiger charge is -2.22. The van der Waals surface area contributed by atoms with Gasteiger partial charge in [-0.3, -0.25) is 0 Å². The van der Waals surface area contributed by atoms with Gasteiger partial charge in [0.15, 0.2) is 0 Å². The number of benzene rings is 1. The molecule has 3 rings (SSSR count). The fourth-order valence-corrected chi connectivity index (χ4v) is 3.56. The van der Waals surface area contributed by atoms with Crippen LogP contribution < -0.4 is 0 Å². The van der Waals surface area contributed by atoms with E-state index in [2.05, 4.69) is 43.1 Å². The Morgan fingerprint density at radius 3 is 2.57 bits per heavy atom. The molecule has 1 aliphatic rings. The van der Waals surface area contributed by atoms with Gasteiger partial charge in [0.2, 0.25) is 0 Å². The van der Waals surface area contributed by atoms with Crippen molar-refractivity contribution in [3.8, 4) is 0 Å². The Morgan fingerprint density at radius 2 is 1.90 bits per heavy atom. The minimum atomic E-state index is -0.677. The first-order valence-corrected chi connectivity index (χ1v) is 10.2. The standard InChI is InChI=1S/C24H28N2O4/c1-16(2)13-18-9-11-19(12-10-18)17(3)26-15-25-14-21(26)24(28)30-22-8-6-5-7-20(22)23(27)29-4/h5-7,9-12,14-17,22H,8,13H2,1-4H3/t17-,22?/m1/s1. The Balaban J connectivity index is 1.76. The SMILES string of the molecule is COC(=O)C1=CC=CCC1OC(=O)c1cncn1[C@H](C)c1ccc(CC(C)C)cc1. The molecular formula is C24H28N2O4. The summed E-state index contributed by atoms with van der Waals surface area (Å²) in [4.78, 5) is 29.0. The zero-order valence-electron chi connectivity index (χ0n) is 17.9. The van der Waals surface area contributed by atoms with Crippen LogP contribution in [-0.2, 0) is 20.7 Å². The number of nitrogens with zero attached hydrogens (tertiary/aromatic N) is 2. The van der Waals surface area contributed by atoms with E-state index in [0.717, 1.165) is 12.0 Å². The summed E-state index contributed by atoms with van der Waals surface area (Å²) in [7, 11) is 1.31. The molecule has 6 heteroatoms. The van der Waals surface area contributed by atoms with Crippen molar-refractivity contribution in [2.75, 3.05) is 7.11 Å². The number of hydrogen-bond donors (Lipinski definition) is 0. The summed E-state index contributed by atoms with van der Waals surface area (Å²) < 4.78 is 12.2. The molecule has 0 fully saturated rings. The molecule has 0 saturated heterocycles. The molecule has 0 N–H and O–H groups in total. The minimum Gasteiger partial charge on any atom is -0.466 e. The van der Waals surface area contributed by atoms with Crippen LogP contribution in [0.4, 0.5) is 0 Å². The van der Waals surface area contributed by atoms with Crippen molar-refractivity contribution in [2.24, 2.45) is 5.92 Å². The van der Waals surface area contributed by atoms with Gasteiger partial charge in [-0.1, -0.05) is 50.3 Å². The fraction of sp³-hybridized carbons (Fsp3) is 0.375. The highest BCUT2D eigenvalue weighted by Gasteiger charge is 2.28. The van der Waals surface area contributed by atoms with Crippen LogP contribution in [0, 0.1) is 5.92 Å². The maximum atomic E-state index is 12.9. The highest BCUT2D eigenvalue weighted by molar-refractivity contribution is 5.92. The molecule has 6 nitrogen and oxygen atoms in total. The maximum absolute atomic E-state index is 12.9. The van der Waals surface area contributed by atoms with Crippen LogP contribution in [0.25, 0.3) is 0 Å². The van der Waals surface area contributed by atoms with Crippen LogP contribution >= 0.6 is 0 Å². The Morgan fingerprint density at radius 1 is 1.17 bits per heavy atom. The lowest BCUT2D eigenvalue weighted by molar-refractivity contribution is -0.137. The van der Waals surface area contributed by atoms with Crippen LogP contribution in [0.2, 0.25) is 0 Å². The lowest BCUT2D eigenvalue weighted by Crippen LogP contribution is -2.27. The van der Waals surface area contributed by atoms with E-state index in [0.29, 0.717) is 23.6 Å². The van der Waals surface area contributed by atoms with Crippen molar-refractivity contribution in [3.63, 3.8) is 0 Å². The number of carbonyl (C=O) groups excluding carboxylic acids is 2. The maximum Gasteiger partial charge on any atom is 0.357 e. The van der Waals surface area contributed by atoms with Gasteiger partial charge in [0.25, 0.3) is 0 Å². The Bertz CT molecular complexity index is 954. The number of imidazole rings is 1. The van der Waals surface area contributed by atoms with Crippen LogP contribution in [0.1, 0.15) is 54.8 Å². The molecule has 0 radical (unpaired) electrons. The van der Waals surface area contributed by atoms with Gasteiger partial charge in [-0.25, -0.2) is 14.6 Å². The van der Waals surface area contributed by atoms with E-state index >= 15 is 0 Å². The summed E-state index contributed by atoms with van der Waals surface area (Å²) in [5.41, 5.74) is 3.03. The Kier molecular flexibility index (Phi) is 6.87. The van der Waals surface area contributed by atoms with Crippen molar-refractivity contribution in [2.45, 2.75) is 45.8 Å². The Hall–Kier alpha value is -3.15. The van der Waals surface area contributed by atoms with Crippen molar-refractivity contribution in [3.05, 3.63) is 77.4 Å². The molecule has 0 aliphatic heterocycles. The molecular weight excluding hydrogens is 380 g/mol. The van der Waals surface area contributed by atoms with E-state index in [1.54, 1.807) is 23.0 Å². The molecule has 1 heterocycles. The van der Waals surface area contributed by atoms with Gasteiger partial charge in [-0.2, -0.15) is 0 Å². The normalized spacial score (nSPS) is 16.8. The summed E-state index contributed by atoms with van der Waals surface area (Å²) in [5.74, 6) is -0.423. The highest BCUT2D eigenvalue weighted by atomic mass is 16.6. The fourth-order valence-electron chi connectivity index (χ4n) is 3.56. The summed E-state index contributed by atoms with van der Waals surface area (Å²) in [6.45, 7) is 6.41. The van der Waals surface area contributed by atoms with E-state index < -0.39 is 18.0 Å². The molecule has 0 bridgehead atoms. The average Bonchev–Trinajstić information content (AvgIpc) is 3.23. The van der Waals surface area contributed by atoms with E-state index in [4.69, 9.17) is 9.47 Å². The van der Waals surface area contributed by atoms with Gasteiger partial charge in [-0.15, -0.1) is 0 Å². The van der Waals surface area contributed by atoms with Crippen molar-refractivity contribution in [1.82, 2.24) is 9.55 Å². The predicted octanol–water partition coefficient (Wildman–Crippen LogP) is 4.28. The molecule has 0 spiro atoms. The number of esters is 2. The first-order valence-electron chi connectivity index (χ1n) is 10.2. The minimum absolute atomic E-state index is 0.0926. The van der Waals surface area contributed by atoms with E-state index in [-0.39, 0.29) is 6.04 Å². The third-order valence-corrected chi connectivity index (χ3v) is 5.18. The van der Waals surface area contributed by atoms with Crippen LogP contribution in [-0.4, -0.2) is 34.7 Å². The van der Waals surface area contributed by atoms with Gasteiger partial charge in [0.05, 0.1) is 31.2 Å². The number of methoxy groups -OCH3 is 1. The predicted molar refractivity (Wildman–Crippen MR) is 114 cm³/mol. The van der Waals surface area contributed by atoms with Crippen molar-refractivity contribution in [1.29, 1.82) is 0 Å². The molecule has 0 amide bonds. The first kappa shape index (κ1) is 21.6. The topological polar surface area (TPSA) is 70.4 Å². The van der Waals surface area contributed by atoms with E-state index in [1.807, 2.05) is 13.0 Å². The zero-order chi connectivity index (χ0) is 21.7. The van der Waals surface area contributed by atoms with Gasteiger partial charge in [-0.05, 0) is 36.5 Å². The monoisotopic (exact) mass is 408 g/mol. The number of aromatic nitrogens is 2. The van der Waals surface area contributed by atoms with Gasteiger partial charge < -0.3 is 14.0 Å². The van der Waals surface area contributed by atoms with Crippen LogP contribution in [0.3, 0.4) is 0 Å². The number of allylic oxidation sites excluding steroid dienone is 2. The molecule has 1 aliphatic carbocycles. The third-order valence-electron chi connectivity index (χ3n) is 5.18. The quantitative estimate of drug-likeness (QED) is 0.640. The third kappa shape index (κ3) is 4.87. The number of carbonyl (C=O) groups is 2. The van der Waals surface area contributed by atoms with Crippen molar-refractivity contribution >= 4 is 11.9 Å². The number of hydrogen-bond acceptors (Lipinski definition) is 5. The highest BCUT2D eigenvalue weighted by Crippen LogP contribution is 2.24. The number of rotatable bonds is 7. The van der Waals surface area contributed by atoms with E-state index in [1.165, 1.54) is 18.9 Å². The molecule has 1 unspecified atom stereocenters. The van der Waals surface area contributed by atoms with Crippen molar-refractivity contribution < 1.29 is 19.1 Å². The zero-order valence-corrected chi connectivity index (χ0v) is 17.9. The molecule has 1 aromatic carbocycles. The van der Waals surface area contributed by atoms with Crippen LogP contribution in [0.15, 0.2) is 60.6 Å². The van der Waals surface area contributed by atoms with Crippen LogP contribution in [0.5, 0.6) is 0 Å². The Labute approximate surface area is 177 Å². The molecule has 0 saturated carbocycles. The molecule has 2 atom stereocenters. The summed E-state index contributed by atoms with van der Waals surface area (Å²) in [6.07, 6.45) is 9.12. The summed E-state index contributed by atoms with van der Waals surface area (Å²) in [5, 5.41) is 0. The molecule has 30 heavy (non-hydrogen) atoms. The molecule has 158 valence electrons. The molecule has 2 aromatic rings. The average molecular weight is 408 g/mol.